The Bertz CT molecular complexity index is 937. The van der Waals surface area contributed by atoms with Gasteiger partial charge in [0, 0.05) is 23.7 Å². The summed E-state index contributed by atoms with van der Waals surface area (Å²) in [7, 11) is 0. The molecule has 6 nitrogen and oxygen atoms in total. The molecule has 0 atom stereocenters. The summed E-state index contributed by atoms with van der Waals surface area (Å²) in [5.74, 6) is -0.220. The second kappa shape index (κ2) is 8.04. The molecule has 2 heterocycles. The summed E-state index contributed by atoms with van der Waals surface area (Å²) in [6.45, 7) is 4.52. The van der Waals surface area contributed by atoms with Crippen molar-refractivity contribution in [3.8, 4) is 5.75 Å². The van der Waals surface area contributed by atoms with Crippen LogP contribution in [0.15, 0.2) is 22.2 Å². The van der Waals surface area contributed by atoms with Crippen molar-refractivity contribution >= 4 is 46.6 Å². The van der Waals surface area contributed by atoms with Crippen LogP contribution < -0.4 is 0 Å². The van der Waals surface area contributed by atoms with Crippen LogP contribution >= 0.6 is 35.0 Å². The molecule has 0 saturated carbocycles. The van der Waals surface area contributed by atoms with Gasteiger partial charge in [-0.1, -0.05) is 23.2 Å². The SMILES string of the molecule is Cc1ccc(SCC(=O)N2CCc3c(Cl)c(N=O)c(O)c(Cl)c3C2)c(C)n1. The molecule has 1 N–H and O–H groups in total. The molecule has 1 aliphatic heterocycles. The Balaban J connectivity index is 1.75. The van der Waals surface area contributed by atoms with Crippen LogP contribution in [0.1, 0.15) is 22.5 Å². The number of amides is 1. The highest BCUT2D eigenvalue weighted by Crippen LogP contribution is 2.46. The Hall–Kier alpha value is -1.83. The van der Waals surface area contributed by atoms with E-state index in [0.29, 0.717) is 24.1 Å². The van der Waals surface area contributed by atoms with E-state index >= 15 is 0 Å². The van der Waals surface area contributed by atoms with Crippen molar-refractivity contribution in [3.63, 3.8) is 0 Å². The van der Waals surface area contributed by atoms with Crippen molar-refractivity contribution < 1.29 is 9.90 Å². The van der Waals surface area contributed by atoms with Gasteiger partial charge in [0.05, 0.1) is 21.5 Å². The minimum atomic E-state index is -0.444. The Kier molecular flexibility index (Phi) is 5.93. The molecule has 142 valence electrons. The number of carbonyl (C=O) groups is 1. The highest BCUT2D eigenvalue weighted by molar-refractivity contribution is 8.00. The van der Waals surface area contributed by atoms with E-state index in [0.717, 1.165) is 16.3 Å². The Morgan fingerprint density at radius 3 is 2.70 bits per heavy atom. The molecule has 27 heavy (non-hydrogen) atoms. The van der Waals surface area contributed by atoms with Gasteiger partial charge in [0.2, 0.25) is 5.91 Å². The molecule has 1 aromatic carbocycles. The van der Waals surface area contributed by atoms with Crippen molar-refractivity contribution in [2.75, 3.05) is 12.3 Å². The average Bonchev–Trinajstić information content (AvgIpc) is 2.65. The average molecular weight is 426 g/mol. The van der Waals surface area contributed by atoms with Crippen LogP contribution in [0.2, 0.25) is 10.0 Å². The van der Waals surface area contributed by atoms with Crippen molar-refractivity contribution in [1.29, 1.82) is 0 Å². The first-order chi connectivity index (χ1) is 12.8. The number of carbonyl (C=O) groups excluding carboxylic acids is 1. The molecule has 1 aliphatic rings. The number of phenolic OH excluding ortho intramolecular Hbond substituents is 1. The van der Waals surface area contributed by atoms with E-state index in [1.54, 1.807) is 4.90 Å². The number of rotatable bonds is 4. The largest absolute Gasteiger partial charge is 0.504 e. The molecule has 9 heteroatoms. The lowest BCUT2D eigenvalue weighted by Gasteiger charge is -2.30. The Morgan fingerprint density at radius 2 is 2.04 bits per heavy atom. The smallest absolute Gasteiger partial charge is 0.233 e. The molecule has 0 unspecified atom stereocenters. The standard InChI is InChI=1S/C18H17Cl2N3O3S/c1-9-3-4-13(10(2)21-9)27-8-14(24)23-6-5-11-12(7-23)16(20)18(25)17(22-26)15(11)19/h3-4,25H,5-8H2,1-2H3. The van der Waals surface area contributed by atoms with Crippen LogP contribution in [0.25, 0.3) is 0 Å². The molecule has 0 spiro atoms. The zero-order chi connectivity index (χ0) is 19.7. The molecule has 0 saturated heterocycles. The number of phenols is 1. The number of fused-ring (bicyclic) bond motifs is 1. The summed E-state index contributed by atoms with van der Waals surface area (Å²) in [5, 5.41) is 12.9. The first-order valence-corrected chi connectivity index (χ1v) is 9.97. The molecule has 1 aromatic heterocycles. The molecule has 0 fully saturated rings. The van der Waals surface area contributed by atoms with Crippen LogP contribution in [0.5, 0.6) is 5.75 Å². The number of nitrogens with zero attached hydrogens (tertiary/aromatic N) is 3. The molecule has 0 aliphatic carbocycles. The monoisotopic (exact) mass is 425 g/mol. The lowest BCUT2D eigenvalue weighted by molar-refractivity contribution is -0.129. The summed E-state index contributed by atoms with van der Waals surface area (Å²) in [4.78, 5) is 30.6. The summed E-state index contributed by atoms with van der Waals surface area (Å²) < 4.78 is 0. The van der Waals surface area contributed by atoms with Gasteiger partial charge in [0.15, 0.2) is 11.4 Å². The van der Waals surface area contributed by atoms with Gasteiger partial charge in [-0.2, -0.15) is 0 Å². The number of halogens is 2. The summed E-state index contributed by atoms with van der Waals surface area (Å²) in [5.41, 5.74) is 2.79. The zero-order valence-corrected chi connectivity index (χ0v) is 17.1. The normalized spacial score (nSPS) is 13.4. The fourth-order valence-electron chi connectivity index (χ4n) is 3.05. The summed E-state index contributed by atoms with van der Waals surface area (Å²) >= 11 is 13.8. The first-order valence-electron chi connectivity index (χ1n) is 8.23. The van der Waals surface area contributed by atoms with Gasteiger partial charge in [-0.3, -0.25) is 9.78 Å². The molecular weight excluding hydrogens is 409 g/mol. The fraction of sp³-hybridized carbons (Fsp3) is 0.333. The predicted octanol–water partition coefficient (Wildman–Crippen LogP) is 4.79. The zero-order valence-electron chi connectivity index (χ0n) is 14.8. The molecular formula is C18H17Cl2N3O3S. The van der Waals surface area contributed by atoms with E-state index in [-0.39, 0.29) is 33.9 Å². The number of aryl methyl sites for hydroxylation is 2. The van der Waals surface area contributed by atoms with Gasteiger partial charge in [0.1, 0.15) is 0 Å². The number of hydrogen-bond acceptors (Lipinski definition) is 6. The highest BCUT2D eigenvalue weighted by atomic mass is 35.5. The van der Waals surface area contributed by atoms with Gasteiger partial charge in [-0.25, -0.2) is 0 Å². The lowest BCUT2D eigenvalue weighted by atomic mass is 9.98. The fourth-order valence-corrected chi connectivity index (χ4v) is 4.53. The molecule has 2 aromatic rings. The lowest BCUT2D eigenvalue weighted by Crippen LogP contribution is -2.37. The van der Waals surface area contributed by atoms with E-state index in [2.05, 4.69) is 10.2 Å². The maximum absolute atomic E-state index is 12.6. The maximum Gasteiger partial charge on any atom is 0.233 e. The third-order valence-corrected chi connectivity index (χ3v) is 6.43. The second-order valence-electron chi connectivity index (χ2n) is 6.26. The number of nitroso groups, excluding NO2 is 1. The third kappa shape index (κ3) is 3.90. The number of benzene rings is 1. The van der Waals surface area contributed by atoms with E-state index < -0.39 is 5.75 Å². The van der Waals surface area contributed by atoms with Gasteiger partial charge >= 0.3 is 0 Å². The van der Waals surface area contributed by atoms with Gasteiger partial charge in [-0.15, -0.1) is 16.7 Å². The second-order valence-corrected chi connectivity index (χ2v) is 8.04. The number of pyridine rings is 1. The minimum Gasteiger partial charge on any atom is -0.504 e. The molecule has 3 rings (SSSR count). The van der Waals surface area contributed by atoms with E-state index in [4.69, 9.17) is 23.2 Å². The number of aromatic hydroxyl groups is 1. The van der Waals surface area contributed by atoms with Crippen molar-refractivity contribution in [3.05, 3.63) is 49.6 Å². The molecule has 0 bridgehead atoms. The number of aromatic nitrogens is 1. The van der Waals surface area contributed by atoms with E-state index in [1.165, 1.54) is 11.8 Å². The van der Waals surface area contributed by atoms with Crippen LogP contribution in [0.4, 0.5) is 5.69 Å². The quantitative estimate of drug-likeness (QED) is 0.562. The van der Waals surface area contributed by atoms with Gasteiger partial charge in [-0.05, 0) is 48.7 Å². The molecule has 0 radical (unpaired) electrons. The molecule has 1 amide bonds. The summed E-state index contributed by atoms with van der Waals surface area (Å²) in [6.07, 6.45) is 0.443. The van der Waals surface area contributed by atoms with Crippen molar-refractivity contribution in [2.24, 2.45) is 5.18 Å². The van der Waals surface area contributed by atoms with Gasteiger partial charge in [0.25, 0.3) is 0 Å². The van der Waals surface area contributed by atoms with E-state index in [9.17, 15) is 14.8 Å². The van der Waals surface area contributed by atoms with Crippen LogP contribution in [-0.4, -0.2) is 33.2 Å². The minimum absolute atomic E-state index is 0.0210. The maximum atomic E-state index is 12.6. The van der Waals surface area contributed by atoms with Crippen LogP contribution in [-0.2, 0) is 17.8 Å². The van der Waals surface area contributed by atoms with Crippen LogP contribution in [0, 0.1) is 18.8 Å². The first kappa shape index (κ1) is 19.9. The topological polar surface area (TPSA) is 82.9 Å². The number of hydrogen-bond donors (Lipinski definition) is 1. The van der Waals surface area contributed by atoms with Crippen molar-refractivity contribution in [2.45, 2.75) is 31.7 Å². The third-order valence-electron chi connectivity index (χ3n) is 4.49. The van der Waals surface area contributed by atoms with Crippen molar-refractivity contribution in [1.82, 2.24) is 9.88 Å². The Morgan fingerprint density at radius 1 is 1.30 bits per heavy atom. The van der Waals surface area contributed by atoms with E-state index in [1.807, 2.05) is 26.0 Å². The Labute approximate surface area is 170 Å². The predicted molar refractivity (Wildman–Crippen MR) is 107 cm³/mol. The van der Waals surface area contributed by atoms with Gasteiger partial charge < -0.3 is 10.0 Å². The highest BCUT2D eigenvalue weighted by Gasteiger charge is 2.29. The van der Waals surface area contributed by atoms with Crippen LogP contribution in [0.3, 0.4) is 0 Å². The number of thioether (sulfide) groups is 1. The summed E-state index contributed by atoms with van der Waals surface area (Å²) in [6, 6.07) is 3.88.